The molecule has 1 aliphatic carbocycles. The molecular weight excluding hydrogens is 177 g/mol. The number of benzene rings is 1. The van der Waals surface area contributed by atoms with Gasteiger partial charge in [0.25, 0.3) is 0 Å². The van der Waals surface area contributed by atoms with Crippen LogP contribution in [-0.4, -0.2) is 0 Å². The third-order valence-corrected chi connectivity index (χ3v) is 2.54. The first kappa shape index (κ1) is 7.00. The molecule has 0 saturated heterocycles. The SMILES string of the molecule is [2H]C1([2H])CC(C)Cc2ccc(C#N)c(F)c21. The molecule has 0 heterocycles. The Morgan fingerprint density at radius 3 is 3.14 bits per heavy atom. The van der Waals surface area contributed by atoms with E-state index in [1.165, 1.54) is 6.07 Å². The van der Waals surface area contributed by atoms with Crippen LogP contribution in [0.4, 0.5) is 4.39 Å². The Hall–Kier alpha value is -1.36. The van der Waals surface area contributed by atoms with E-state index in [0.717, 1.165) is 0 Å². The van der Waals surface area contributed by atoms with E-state index in [0.29, 0.717) is 18.4 Å². The zero-order chi connectivity index (χ0) is 11.9. The lowest BCUT2D eigenvalue weighted by molar-refractivity contribution is 0.481. The van der Waals surface area contributed by atoms with Gasteiger partial charge in [0.1, 0.15) is 11.9 Å². The van der Waals surface area contributed by atoms with Crippen LogP contribution in [0.15, 0.2) is 12.1 Å². The fourth-order valence-electron chi connectivity index (χ4n) is 1.79. The summed E-state index contributed by atoms with van der Waals surface area (Å²) in [6, 6.07) is 4.86. The molecule has 14 heavy (non-hydrogen) atoms. The van der Waals surface area contributed by atoms with Crippen molar-refractivity contribution in [3.8, 4) is 6.07 Å². The average molecular weight is 191 g/mol. The van der Waals surface area contributed by atoms with Crippen LogP contribution >= 0.6 is 0 Å². The Kier molecular flexibility index (Phi) is 1.71. The van der Waals surface area contributed by atoms with Crippen molar-refractivity contribution >= 4 is 0 Å². The number of halogens is 1. The molecule has 0 fully saturated rings. The number of hydrogen-bond acceptors (Lipinski definition) is 1. The number of hydrogen-bond donors (Lipinski definition) is 0. The number of fused-ring (bicyclic) bond motifs is 1. The second-order valence-electron chi connectivity index (χ2n) is 3.76. The smallest absolute Gasteiger partial charge is 0.144 e. The topological polar surface area (TPSA) is 23.8 Å². The lowest BCUT2D eigenvalue weighted by atomic mass is 9.84. The van der Waals surface area contributed by atoms with E-state index in [-0.39, 0.29) is 17.0 Å². The summed E-state index contributed by atoms with van der Waals surface area (Å²) in [5, 5.41) is 8.73. The van der Waals surface area contributed by atoms with Crippen LogP contribution < -0.4 is 0 Å². The third-order valence-electron chi connectivity index (χ3n) is 2.54. The second-order valence-corrected chi connectivity index (χ2v) is 3.76. The van der Waals surface area contributed by atoms with E-state index in [1.54, 1.807) is 12.1 Å². The maximum atomic E-state index is 13.9. The van der Waals surface area contributed by atoms with Crippen molar-refractivity contribution in [2.45, 2.75) is 26.1 Å². The summed E-state index contributed by atoms with van der Waals surface area (Å²) >= 11 is 0. The van der Waals surface area contributed by atoms with Gasteiger partial charge in [-0.15, -0.1) is 0 Å². The van der Waals surface area contributed by atoms with Crippen molar-refractivity contribution in [3.05, 3.63) is 34.6 Å². The Bertz CT molecular complexity index is 477. The highest BCUT2D eigenvalue weighted by Crippen LogP contribution is 2.28. The third kappa shape index (κ3) is 1.39. The van der Waals surface area contributed by atoms with Crippen LogP contribution in [-0.2, 0) is 12.8 Å². The summed E-state index contributed by atoms with van der Waals surface area (Å²) in [7, 11) is 0. The van der Waals surface area contributed by atoms with Crippen molar-refractivity contribution in [3.63, 3.8) is 0 Å². The minimum atomic E-state index is -1.66. The largest absolute Gasteiger partial charge is 0.205 e. The highest BCUT2D eigenvalue weighted by Gasteiger charge is 2.19. The minimum Gasteiger partial charge on any atom is -0.205 e. The summed E-state index contributed by atoms with van der Waals surface area (Å²) < 4.78 is 29.7. The summed E-state index contributed by atoms with van der Waals surface area (Å²) in [5.74, 6) is -0.480. The van der Waals surface area contributed by atoms with Crippen LogP contribution in [0.1, 0.15) is 32.8 Å². The van der Waals surface area contributed by atoms with Crippen molar-refractivity contribution in [1.29, 1.82) is 5.26 Å². The van der Waals surface area contributed by atoms with Crippen molar-refractivity contribution in [1.82, 2.24) is 0 Å². The summed E-state index contributed by atoms with van der Waals surface area (Å²) in [6.45, 7) is 1.96. The molecule has 0 amide bonds. The first-order chi connectivity index (χ1) is 7.45. The highest BCUT2D eigenvalue weighted by atomic mass is 19.1. The van der Waals surface area contributed by atoms with Crippen LogP contribution in [0.3, 0.4) is 0 Å². The molecule has 0 aromatic heterocycles. The molecule has 0 aliphatic heterocycles. The van der Waals surface area contributed by atoms with E-state index < -0.39 is 12.2 Å². The molecule has 0 spiro atoms. The quantitative estimate of drug-likeness (QED) is 0.618. The van der Waals surface area contributed by atoms with Crippen molar-refractivity contribution < 1.29 is 7.13 Å². The van der Waals surface area contributed by atoms with Crippen LogP contribution in [0.2, 0.25) is 0 Å². The molecule has 0 N–H and O–H groups in total. The van der Waals surface area contributed by atoms with E-state index >= 15 is 0 Å². The molecule has 0 radical (unpaired) electrons. The maximum Gasteiger partial charge on any atom is 0.144 e. The first-order valence-corrected chi connectivity index (χ1v) is 4.67. The van der Waals surface area contributed by atoms with Crippen LogP contribution in [0, 0.1) is 23.1 Å². The molecule has 72 valence electrons. The zero-order valence-corrected chi connectivity index (χ0v) is 7.97. The Morgan fingerprint density at radius 2 is 2.43 bits per heavy atom. The number of nitriles is 1. The van der Waals surface area contributed by atoms with Gasteiger partial charge < -0.3 is 0 Å². The van der Waals surface area contributed by atoms with E-state index in [9.17, 15) is 4.39 Å². The first-order valence-electron chi connectivity index (χ1n) is 5.67. The molecule has 2 rings (SSSR count). The molecule has 0 saturated carbocycles. The number of rotatable bonds is 0. The standard InChI is InChI=1S/C12H12FN/c1-8-2-5-11-9(6-8)3-4-10(7-14)12(11)13/h3-4,8H,2,5-6H2,1H3/i5D2. The molecule has 0 bridgehead atoms. The predicted octanol–water partition coefficient (Wildman–Crippen LogP) is 2.82. The molecule has 1 aliphatic rings. The fraction of sp³-hybridized carbons (Fsp3) is 0.417. The summed E-state index contributed by atoms with van der Waals surface area (Å²) in [4.78, 5) is 0. The predicted molar refractivity (Wildman–Crippen MR) is 52.3 cm³/mol. The maximum absolute atomic E-state index is 13.9. The Labute approximate surface area is 86.0 Å². The van der Waals surface area contributed by atoms with Gasteiger partial charge in [0.15, 0.2) is 0 Å². The summed E-state index contributed by atoms with van der Waals surface area (Å²) in [6.07, 6.45) is -0.673. The van der Waals surface area contributed by atoms with Gasteiger partial charge in [-0.2, -0.15) is 5.26 Å². The van der Waals surface area contributed by atoms with Gasteiger partial charge in [0, 0.05) is 2.74 Å². The van der Waals surface area contributed by atoms with Crippen LogP contribution in [0.25, 0.3) is 0 Å². The summed E-state index contributed by atoms with van der Waals surface area (Å²) in [5.41, 5.74) is 0.710. The van der Waals surface area contributed by atoms with E-state index in [1.807, 2.05) is 6.92 Å². The van der Waals surface area contributed by atoms with Crippen molar-refractivity contribution in [2.75, 3.05) is 0 Å². The van der Waals surface area contributed by atoms with Gasteiger partial charge >= 0.3 is 0 Å². The molecule has 1 unspecified atom stereocenters. The van der Waals surface area contributed by atoms with E-state index in [4.69, 9.17) is 8.00 Å². The molecule has 1 aromatic rings. The van der Waals surface area contributed by atoms with E-state index in [2.05, 4.69) is 0 Å². The fourth-order valence-corrected chi connectivity index (χ4v) is 1.79. The molecule has 2 heteroatoms. The highest BCUT2D eigenvalue weighted by molar-refractivity contribution is 5.41. The minimum absolute atomic E-state index is 0.0721. The van der Waals surface area contributed by atoms with Gasteiger partial charge in [-0.1, -0.05) is 13.0 Å². The molecule has 1 aromatic carbocycles. The Balaban J connectivity index is 2.66. The molecule has 1 atom stereocenters. The molecule has 1 nitrogen and oxygen atoms in total. The monoisotopic (exact) mass is 191 g/mol. The second kappa shape index (κ2) is 3.42. The Morgan fingerprint density at radius 1 is 1.64 bits per heavy atom. The van der Waals surface area contributed by atoms with Gasteiger partial charge in [0.2, 0.25) is 0 Å². The number of nitrogens with zero attached hydrogens (tertiary/aromatic N) is 1. The lowest BCUT2D eigenvalue weighted by Crippen LogP contribution is -2.13. The molecular formula is C12H12FN. The average Bonchev–Trinajstić information content (AvgIpc) is 2.15. The van der Waals surface area contributed by atoms with Gasteiger partial charge in [0.05, 0.1) is 5.56 Å². The normalized spacial score (nSPS) is 25.6. The zero-order valence-electron chi connectivity index (χ0n) is 9.97. The van der Waals surface area contributed by atoms with Gasteiger partial charge in [-0.3, -0.25) is 0 Å². The lowest BCUT2D eigenvalue weighted by Gasteiger charge is -2.21. The van der Waals surface area contributed by atoms with Crippen LogP contribution in [0.5, 0.6) is 0 Å². The van der Waals surface area contributed by atoms with Gasteiger partial charge in [-0.25, -0.2) is 4.39 Å². The van der Waals surface area contributed by atoms with Gasteiger partial charge in [-0.05, 0) is 42.3 Å². The van der Waals surface area contributed by atoms with Crippen molar-refractivity contribution in [2.24, 2.45) is 5.92 Å².